The van der Waals surface area contributed by atoms with E-state index in [1.807, 2.05) is 36.4 Å². The van der Waals surface area contributed by atoms with Gasteiger partial charge in [-0.1, -0.05) is 200 Å². The Morgan fingerprint density at radius 2 is 0.968 bits per heavy atom. The quantitative estimate of drug-likeness (QED) is 0.174. The Bertz CT molecular complexity index is 3270. The van der Waals surface area contributed by atoms with Crippen LogP contribution in [0.15, 0.2) is 212 Å². The maximum atomic E-state index is 5.06. The molecule has 0 aliphatic heterocycles. The van der Waals surface area contributed by atoms with Crippen LogP contribution in [0.5, 0.6) is 0 Å². The second kappa shape index (κ2) is 14.2. The lowest BCUT2D eigenvalue weighted by molar-refractivity contribution is 0.722. The minimum Gasteiger partial charge on any atom is -0.208 e. The first-order valence-electron chi connectivity index (χ1n) is 22.2. The maximum Gasteiger partial charge on any atom is 0.164 e. The fraction of sp³-hybridized carbons (Fsp3) is 0.0833. The third kappa shape index (κ3) is 5.42. The molecule has 1 heterocycles. The molecular weight excluding hydrogens is 763 g/mol. The summed E-state index contributed by atoms with van der Waals surface area (Å²) in [6.07, 6.45) is 10.1. The minimum atomic E-state index is -0.377. The van der Waals surface area contributed by atoms with E-state index in [1.54, 1.807) is 0 Å². The van der Waals surface area contributed by atoms with Crippen LogP contribution in [0.3, 0.4) is 0 Å². The molecule has 296 valence electrons. The second-order valence-corrected chi connectivity index (χ2v) is 17.3. The molecule has 1 unspecified atom stereocenters. The molecular formula is C60H41N3. The van der Waals surface area contributed by atoms with E-state index in [0.717, 1.165) is 41.5 Å². The fourth-order valence-electron chi connectivity index (χ4n) is 11.3. The zero-order valence-corrected chi connectivity index (χ0v) is 34.7. The molecule has 1 atom stereocenters. The monoisotopic (exact) mass is 803 g/mol. The van der Waals surface area contributed by atoms with Gasteiger partial charge in [-0.25, -0.2) is 15.0 Å². The molecule has 13 rings (SSSR count). The number of allylic oxidation sites excluding steroid dienone is 4. The van der Waals surface area contributed by atoms with E-state index in [1.165, 1.54) is 77.9 Å². The van der Waals surface area contributed by atoms with Crippen LogP contribution in [0.2, 0.25) is 0 Å². The van der Waals surface area contributed by atoms with Crippen LogP contribution in [0.25, 0.3) is 78.7 Å². The molecule has 0 fully saturated rings. The number of hydrogen-bond acceptors (Lipinski definition) is 3. The highest BCUT2D eigenvalue weighted by molar-refractivity contribution is 5.99. The first-order chi connectivity index (χ1) is 31.2. The molecule has 8 aromatic carbocycles. The van der Waals surface area contributed by atoms with Crippen molar-refractivity contribution in [3.8, 4) is 78.7 Å². The Labute approximate surface area is 367 Å². The molecule has 1 spiro atoms. The van der Waals surface area contributed by atoms with Crippen LogP contribution < -0.4 is 0 Å². The lowest BCUT2D eigenvalue weighted by Crippen LogP contribution is -2.26. The molecule has 3 nitrogen and oxygen atoms in total. The van der Waals surface area contributed by atoms with Gasteiger partial charge in [-0.15, -0.1) is 0 Å². The van der Waals surface area contributed by atoms with Crippen molar-refractivity contribution >= 4 is 0 Å². The van der Waals surface area contributed by atoms with Crippen LogP contribution in [0.1, 0.15) is 52.1 Å². The molecule has 63 heavy (non-hydrogen) atoms. The minimum absolute atomic E-state index is 0.276. The number of hydrogen-bond donors (Lipinski definition) is 0. The van der Waals surface area contributed by atoms with Crippen LogP contribution in [-0.4, -0.2) is 15.0 Å². The molecule has 1 aromatic heterocycles. The zero-order valence-electron chi connectivity index (χ0n) is 34.7. The molecule has 0 N–H and O–H groups in total. The number of nitrogens with zero attached hydrogens (tertiary/aromatic N) is 3. The van der Waals surface area contributed by atoms with Crippen LogP contribution >= 0.6 is 0 Å². The maximum absolute atomic E-state index is 5.06. The van der Waals surface area contributed by atoms with Gasteiger partial charge in [-0.2, -0.15) is 0 Å². The zero-order chi connectivity index (χ0) is 41.5. The third-order valence-corrected chi connectivity index (χ3v) is 14.0. The van der Waals surface area contributed by atoms with E-state index in [4.69, 9.17) is 15.0 Å². The summed E-state index contributed by atoms with van der Waals surface area (Å²) in [5.74, 6) is 2.25. The lowest BCUT2D eigenvalue weighted by atomic mass is 9.68. The van der Waals surface area contributed by atoms with Crippen molar-refractivity contribution in [3.63, 3.8) is 0 Å². The first kappa shape index (κ1) is 36.0. The van der Waals surface area contributed by atoms with Crippen molar-refractivity contribution in [1.29, 1.82) is 0 Å². The second-order valence-electron chi connectivity index (χ2n) is 17.3. The molecule has 9 aromatic rings. The Hall–Kier alpha value is -7.75. The van der Waals surface area contributed by atoms with Crippen molar-refractivity contribution in [2.24, 2.45) is 0 Å². The summed E-state index contributed by atoms with van der Waals surface area (Å²) in [6.45, 7) is 0. The molecule has 3 heteroatoms. The summed E-state index contributed by atoms with van der Waals surface area (Å²) in [6, 6.07) is 68.7. The molecule has 4 aliphatic carbocycles. The molecule has 0 bridgehead atoms. The highest BCUT2D eigenvalue weighted by Gasteiger charge is 2.53. The Balaban J connectivity index is 0.991. The van der Waals surface area contributed by atoms with E-state index in [2.05, 4.69) is 170 Å². The molecule has 0 radical (unpaired) electrons. The van der Waals surface area contributed by atoms with Crippen molar-refractivity contribution in [2.45, 2.75) is 30.6 Å². The molecule has 0 saturated heterocycles. The van der Waals surface area contributed by atoms with Gasteiger partial charge in [0.1, 0.15) is 0 Å². The normalized spacial score (nSPS) is 15.7. The predicted molar refractivity (Wildman–Crippen MR) is 256 cm³/mol. The molecule has 0 amide bonds. The molecule has 4 aliphatic rings. The van der Waals surface area contributed by atoms with Gasteiger partial charge in [-0.05, 0) is 109 Å². The van der Waals surface area contributed by atoms with Gasteiger partial charge >= 0.3 is 0 Å². The van der Waals surface area contributed by atoms with Gasteiger partial charge in [0.25, 0.3) is 0 Å². The largest absolute Gasteiger partial charge is 0.208 e. The van der Waals surface area contributed by atoms with Gasteiger partial charge in [0.15, 0.2) is 17.5 Å². The number of fused-ring (bicyclic) bond motifs is 14. The Kier molecular flexibility index (Phi) is 8.08. The summed E-state index contributed by atoms with van der Waals surface area (Å²) in [4.78, 5) is 15.1. The molecule has 0 saturated carbocycles. The van der Waals surface area contributed by atoms with Crippen molar-refractivity contribution in [1.82, 2.24) is 15.0 Å². The highest BCUT2D eigenvalue weighted by atomic mass is 15.0. The van der Waals surface area contributed by atoms with Gasteiger partial charge in [0.05, 0.1) is 5.41 Å². The van der Waals surface area contributed by atoms with Gasteiger partial charge in [0.2, 0.25) is 0 Å². The van der Waals surface area contributed by atoms with E-state index in [9.17, 15) is 0 Å². The van der Waals surface area contributed by atoms with E-state index < -0.39 is 0 Å². The van der Waals surface area contributed by atoms with Crippen molar-refractivity contribution in [2.75, 3.05) is 0 Å². The predicted octanol–water partition coefficient (Wildman–Crippen LogP) is 14.5. The first-order valence-corrected chi connectivity index (χ1v) is 22.2. The van der Waals surface area contributed by atoms with Crippen molar-refractivity contribution in [3.05, 3.63) is 245 Å². The number of benzene rings is 8. The summed E-state index contributed by atoms with van der Waals surface area (Å²) in [5.41, 5.74) is 22.9. The van der Waals surface area contributed by atoms with Gasteiger partial charge < -0.3 is 0 Å². The van der Waals surface area contributed by atoms with Crippen LogP contribution in [-0.2, 0) is 11.8 Å². The smallest absolute Gasteiger partial charge is 0.164 e. The number of aromatic nitrogens is 3. The van der Waals surface area contributed by atoms with Crippen LogP contribution in [0, 0.1) is 0 Å². The summed E-state index contributed by atoms with van der Waals surface area (Å²) >= 11 is 0. The van der Waals surface area contributed by atoms with Gasteiger partial charge in [0, 0.05) is 22.6 Å². The summed E-state index contributed by atoms with van der Waals surface area (Å²) in [5, 5.41) is 0. The highest BCUT2D eigenvalue weighted by Crippen LogP contribution is 2.65. The topological polar surface area (TPSA) is 38.7 Å². The number of rotatable bonds is 5. The van der Waals surface area contributed by atoms with Gasteiger partial charge in [-0.3, -0.25) is 0 Å². The van der Waals surface area contributed by atoms with Crippen molar-refractivity contribution < 1.29 is 0 Å². The standard InChI is InChI=1S/C60H41N3/c1-4-17-38(18-5-1)50-37-43-32-31-42(41-23-16-24-44(35-41)59-62-57(39-19-6-2-7-20-39)61-58(63-59)40-21-8-3-9-22-40)36-49(43)47-33-34-54-56(55(47)50)48-27-12-15-30-53(48)60(54)51-28-13-10-25-45(51)46-26-11-14-29-52(46)60/h1-4,6-17,19-36,50H,5,18,37H2. The lowest BCUT2D eigenvalue weighted by Gasteiger charge is -2.35. The fourth-order valence-corrected chi connectivity index (χ4v) is 11.3. The average Bonchev–Trinajstić information content (AvgIpc) is 3.84. The summed E-state index contributed by atoms with van der Waals surface area (Å²) in [7, 11) is 0. The third-order valence-electron chi connectivity index (χ3n) is 14.0. The van der Waals surface area contributed by atoms with E-state index in [0.29, 0.717) is 17.5 Å². The Morgan fingerprint density at radius 1 is 0.413 bits per heavy atom. The summed E-state index contributed by atoms with van der Waals surface area (Å²) < 4.78 is 0. The average molecular weight is 804 g/mol. The van der Waals surface area contributed by atoms with E-state index >= 15 is 0 Å². The van der Waals surface area contributed by atoms with E-state index in [-0.39, 0.29) is 11.3 Å². The SMILES string of the molecule is C1=CCCC(C2Cc3ccc(-c4cccc(-c5nc(-c6ccccc6)nc(-c6ccccc6)n5)c4)cc3-c3ccc4c(c32)-c2ccccc2C42c3ccccc3-c3ccccc32)=C1. The van der Waals surface area contributed by atoms with Crippen LogP contribution in [0.4, 0.5) is 0 Å². The Morgan fingerprint density at radius 3 is 1.62 bits per heavy atom.